The summed E-state index contributed by atoms with van der Waals surface area (Å²) in [5, 5.41) is 10.4. The highest BCUT2D eigenvalue weighted by Crippen LogP contribution is 2.39. The smallest absolute Gasteiger partial charge is 0.0619 e. The van der Waals surface area contributed by atoms with E-state index in [2.05, 4.69) is 27.7 Å². The number of hydrogen-bond acceptors (Lipinski definition) is 1. The molecule has 1 N–H and O–H groups in total. The Morgan fingerprint density at radius 3 is 2.47 bits per heavy atom. The van der Waals surface area contributed by atoms with E-state index in [1.165, 1.54) is 32.1 Å². The van der Waals surface area contributed by atoms with Crippen LogP contribution in [0.3, 0.4) is 0 Å². The van der Waals surface area contributed by atoms with Crippen LogP contribution in [-0.2, 0) is 0 Å². The van der Waals surface area contributed by atoms with Gasteiger partial charge in [0.25, 0.3) is 0 Å². The molecule has 0 saturated heterocycles. The first-order valence-corrected chi connectivity index (χ1v) is 6.69. The Balaban J connectivity index is 2.55. The summed E-state index contributed by atoms with van der Waals surface area (Å²) in [6.07, 6.45) is 7.45. The summed E-state index contributed by atoms with van der Waals surface area (Å²) < 4.78 is 0. The average molecular weight is 212 g/mol. The van der Waals surface area contributed by atoms with E-state index in [0.29, 0.717) is 5.92 Å². The molecule has 1 heteroatoms. The van der Waals surface area contributed by atoms with Gasteiger partial charge in [-0.15, -0.1) is 0 Å². The summed E-state index contributed by atoms with van der Waals surface area (Å²) in [4.78, 5) is 0. The third kappa shape index (κ3) is 3.21. The Bertz CT molecular complexity index is 186. The van der Waals surface area contributed by atoms with Crippen molar-refractivity contribution in [2.24, 2.45) is 17.3 Å². The molecule has 0 spiro atoms. The molecule has 1 aliphatic rings. The van der Waals surface area contributed by atoms with Crippen molar-refractivity contribution in [3.05, 3.63) is 0 Å². The molecular weight excluding hydrogens is 184 g/mol. The molecular formula is C14H28O. The van der Waals surface area contributed by atoms with E-state index in [1.807, 2.05) is 0 Å². The molecule has 0 aromatic carbocycles. The van der Waals surface area contributed by atoms with Crippen LogP contribution in [0.5, 0.6) is 0 Å². The molecule has 1 aliphatic carbocycles. The van der Waals surface area contributed by atoms with Crippen molar-refractivity contribution in [3.8, 4) is 0 Å². The third-order valence-corrected chi connectivity index (χ3v) is 4.56. The Hall–Kier alpha value is -0.0400. The predicted octanol–water partition coefficient (Wildman–Crippen LogP) is 4.00. The van der Waals surface area contributed by atoms with Gasteiger partial charge in [-0.1, -0.05) is 47.0 Å². The zero-order valence-electron chi connectivity index (χ0n) is 10.9. The van der Waals surface area contributed by atoms with E-state index >= 15 is 0 Å². The Labute approximate surface area is 95.3 Å². The van der Waals surface area contributed by atoms with E-state index in [1.54, 1.807) is 0 Å². The maximum Gasteiger partial charge on any atom is 0.0619 e. The molecule has 1 fully saturated rings. The van der Waals surface area contributed by atoms with Crippen molar-refractivity contribution in [2.45, 2.75) is 72.3 Å². The molecule has 0 aromatic rings. The first kappa shape index (κ1) is 13.0. The van der Waals surface area contributed by atoms with E-state index in [0.717, 1.165) is 12.3 Å². The topological polar surface area (TPSA) is 20.2 Å². The van der Waals surface area contributed by atoms with Crippen LogP contribution in [0.1, 0.15) is 66.2 Å². The summed E-state index contributed by atoms with van der Waals surface area (Å²) in [7, 11) is 0. The monoisotopic (exact) mass is 212 g/mol. The minimum Gasteiger partial charge on any atom is -0.392 e. The quantitative estimate of drug-likeness (QED) is 0.747. The van der Waals surface area contributed by atoms with Crippen molar-refractivity contribution < 1.29 is 5.11 Å². The zero-order chi connectivity index (χ0) is 11.5. The first-order chi connectivity index (χ1) is 7.01. The molecule has 1 rings (SSSR count). The van der Waals surface area contributed by atoms with Gasteiger partial charge in [0.1, 0.15) is 0 Å². The van der Waals surface area contributed by atoms with E-state index < -0.39 is 0 Å². The highest BCUT2D eigenvalue weighted by Gasteiger charge is 2.35. The van der Waals surface area contributed by atoms with Crippen LogP contribution in [0.2, 0.25) is 0 Å². The number of aliphatic hydroxyl groups excluding tert-OH is 1. The van der Waals surface area contributed by atoms with Crippen LogP contribution in [-0.4, -0.2) is 11.2 Å². The number of hydrogen-bond donors (Lipinski definition) is 1. The van der Waals surface area contributed by atoms with Crippen LogP contribution >= 0.6 is 0 Å². The second-order valence-electron chi connectivity index (χ2n) is 5.99. The second kappa shape index (κ2) is 5.34. The van der Waals surface area contributed by atoms with Crippen molar-refractivity contribution in [1.82, 2.24) is 0 Å². The van der Waals surface area contributed by atoms with Crippen molar-refractivity contribution in [1.29, 1.82) is 0 Å². The van der Waals surface area contributed by atoms with Crippen LogP contribution in [0, 0.1) is 17.3 Å². The maximum atomic E-state index is 10.4. The van der Waals surface area contributed by atoms with E-state index in [-0.39, 0.29) is 11.5 Å². The molecule has 90 valence electrons. The molecule has 1 nitrogen and oxygen atoms in total. The fraction of sp³-hybridized carbons (Fsp3) is 1.00. The SMILES string of the molecule is CCC1CCCC(C(O)C(C)(C)CC)C1. The molecule has 3 atom stereocenters. The largest absolute Gasteiger partial charge is 0.392 e. The van der Waals surface area contributed by atoms with Gasteiger partial charge in [-0.2, -0.15) is 0 Å². The summed E-state index contributed by atoms with van der Waals surface area (Å²) in [5.74, 6) is 1.42. The highest BCUT2D eigenvalue weighted by atomic mass is 16.3. The highest BCUT2D eigenvalue weighted by molar-refractivity contribution is 4.85. The van der Waals surface area contributed by atoms with Gasteiger partial charge in [0.2, 0.25) is 0 Å². The number of aliphatic hydroxyl groups is 1. The van der Waals surface area contributed by atoms with Gasteiger partial charge in [-0.25, -0.2) is 0 Å². The maximum absolute atomic E-state index is 10.4. The summed E-state index contributed by atoms with van der Waals surface area (Å²) in [6.45, 7) is 8.87. The van der Waals surface area contributed by atoms with E-state index in [9.17, 15) is 5.11 Å². The molecule has 0 bridgehead atoms. The van der Waals surface area contributed by atoms with Gasteiger partial charge in [0, 0.05) is 0 Å². The van der Waals surface area contributed by atoms with Gasteiger partial charge in [-0.3, -0.25) is 0 Å². The Morgan fingerprint density at radius 1 is 1.27 bits per heavy atom. The minimum absolute atomic E-state index is 0.0975. The van der Waals surface area contributed by atoms with Crippen molar-refractivity contribution >= 4 is 0 Å². The lowest BCUT2D eigenvalue weighted by atomic mass is 9.70. The fourth-order valence-corrected chi connectivity index (χ4v) is 2.84. The predicted molar refractivity (Wildman–Crippen MR) is 65.8 cm³/mol. The lowest BCUT2D eigenvalue weighted by molar-refractivity contribution is -0.0218. The second-order valence-corrected chi connectivity index (χ2v) is 5.99. The number of rotatable bonds is 4. The molecule has 0 amide bonds. The van der Waals surface area contributed by atoms with Crippen molar-refractivity contribution in [2.75, 3.05) is 0 Å². The lowest BCUT2D eigenvalue weighted by Gasteiger charge is -2.39. The molecule has 15 heavy (non-hydrogen) atoms. The standard InChI is InChI=1S/C14H28O/c1-5-11-8-7-9-12(10-11)13(15)14(3,4)6-2/h11-13,15H,5-10H2,1-4H3. The van der Waals surface area contributed by atoms with Gasteiger partial charge < -0.3 is 5.11 Å². The third-order valence-electron chi connectivity index (χ3n) is 4.56. The summed E-state index contributed by atoms with van der Waals surface area (Å²) in [6, 6.07) is 0. The molecule has 0 radical (unpaired) electrons. The minimum atomic E-state index is -0.100. The fourth-order valence-electron chi connectivity index (χ4n) is 2.84. The van der Waals surface area contributed by atoms with Crippen LogP contribution < -0.4 is 0 Å². The molecule has 3 unspecified atom stereocenters. The van der Waals surface area contributed by atoms with Crippen LogP contribution in [0.25, 0.3) is 0 Å². The normalized spacial score (nSPS) is 30.2. The molecule has 0 aliphatic heterocycles. The van der Waals surface area contributed by atoms with Gasteiger partial charge in [-0.05, 0) is 36.5 Å². The molecule has 0 heterocycles. The van der Waals surface area contributed by atoms with Gasteiger partial charge in [0.15, 0.2) is 0 Å². The summed E-state index contributed by atoms with van der Waals surface area (Å²) in [5.41, 5.74) is 0.0975. The van der Waals surface area contributed by atoms with Gasteiger partial charge >= 0.3 is 0 Å². The zero-order valence-corrected chi connectivity index (χ0v) is 10.9. The van der Waals surface area contributed by atoms with E-state index in [4.69, 9.17) is 0 Å². The molecule has 0 aromatic heterocycles. The Kier molecular flexibility index (Phi) is 4.64. The first-order valence-electron chi connectivity index (χ1n) is 6.69. The van der Waals surface area contributed by atoms with Gasteiger partial charge in [0.05, 0.1) is 6.10 Å². The van der Waals surface area contributed by atoms with Crippen molar-refractivity contribution in [3.63, 3.8) is 0 Å². The Morgan fingerprint density at radius 2 is 1.93 bits per heavy atom. The molecule has 1 saturated carbocycles. The average Bonchev–Trinajstić information content (AvgIpc) is 2.28. The van der Waals surface area contributed by atoms with Crippen LogP contribution in [0.15, 0.2) is 0 Å². The van der Waals surface area contributed by atoms with Crippen LogP contribution in [0.4, 0.5) is 0 Å². The summed E-state index contributed by atoms with van der Waals surface area (Å²) >= 11 is 0. The lowest BCUT2D eigenvalue weighted by Crippen LogP contribution is -2.38.